The molecule has 1 aromatic heterocycles. The van der Waals surface area contributed by atoms with Crippen LogP contribution in [0.5, 0.6) is 0 Å². The smallest absolute Gasteiger partial charge is 0.137 e. The van der Waals surface area contributed by atoms with Gasteiger partial charge in [-0.1, -0.05) is 30.3 Å². The standard InChI is InChI=1S/C28H39N5/c1-21-18-25-26(19-22(21)2)30-27(12-8-9-15-32(3)4)31-28(25)29-24-13-16-33(17-14-24)20-23-10-6-5-7-11-23/h5-7,10-11,18-19,24H,8-9,12-17,20H2,1-4H3,(H,29,30,31). The molecule has 1 saturated heterocycles. The van der Waals surface area contributed by atoms with Gasteiger partial charge in [0.1, 0.15) is 11.6 Å². The molecule has 2 aromatic carbocycles. The van der Waals surface area contributed by atoms with Crippen LogP contribution in [0.3, 0.4) is 0 Å². The second-order valence-electron chi connectivity index (χ2n) is 9.88. The lowest BCUT2D eigenvalue weighted by Gasteiger charge is -2.33. The maximum Gasteiger partial charge on any atom is 0.137 e. The van der Waals surface area contributed by atoms with E-state index in [1.807, 2.05) is 0 Å². The normalized spacial score (nSPS) is 15.4. The summed E-state index contributed by atoms with van der Waals surface area (Å²) in [5.41, 5.74) is 5.06. The average Bonchev–Trinajstić information content (AvgIpc) is 2.80. The van der Waals surface area contributed by atoms with Crippen molar-refractivity contribution in [2.45, 2.75) is 58.5 Å². The first-order chi connectivity index (χ1) is 16.0. The Bertz CT molecular complexity index is 1040. The van der Waals surface area contributed by atoms with Crippen LogP contribution in [0.4, 0.5) is 5.82 Å². The van der Waals surface area contributed by atoms with Gasteiger partial charge in [0.2, 0.25) is 0 Å². The number of piperidine rings is 1. The van der Waals surface area contributed by atoms with Crippen LogP contribution in [-0.4, -0.2) is 59.5 Å². The average molecular weight is 446 g/mol. The van der Waals surface area contributed by atoms with Gasteiger partial charge >= 0.3 is 0 Å². The van der Waals surface area contributed by atoms with Crippen molar-refractivity contribution in [2.24, 2.45) is 0 Å². The molecule has 0 aliphatic carbocycles. The zero-order chi connectivity index (χ0) is 23.2. The first-order valence-corrected chi connectivity index (χ1v) is 12.4. The van der Waals surface area contributed by atoms with Crippen LogP contribution in [0.25, 0.3) is 10.9 Å². The number of anilines is 1. The summed E-state index contributed by atoms with van der Waals surface area (Å²) in [6.07, 6.45) is 5.50. The molecule has 0 bridgehead atoms. The molecule has 33 heavy (non-hydrogen) atoms. The van der Waals surface area contributed by atoms with Crippen molar-refractivity contribution in [3.63, 3.8) is 0 Å². The highest BCUT2D eigenvalue weighted by Crippen LogP contribution is 2.27. The first-order valence-electron chi connectivity index (χ1n) is 12.4. The van der Waals surface area contributed by atoms with Crippen molar-refractivity contribution in [1.82, 2.24) is 19.8 Å². The van der Waals surface area contributed by atoms with Gasteiger partial charge in [0.15, 0.2) is 0 Å². The highest BCUT2D eigenvalue weighted by Gasteiger charge is 2.21. The molecule has 0 radical (unpaired) electrons. The first kappa shape index (κ1) is 23.7. The van der Waals surface area contributed by atoms with Crippen molar-refractivity contribution >= 4 is 16.7 Å². The molecular formula is C28H39N5. The summed E-state index contributed by atoms with van der Waals surface area (Å²) in [5, 5.41) is 4.97. The number of likely N-dealkylation sites (tertiary alicyclic amines) is 1. The number of aryl methyl sites for hydroxylation is 3. The van der Waals surface area contributed by atoms with Crippen molar-refractivity contribution < 1.29 is 0 Å². The second kappa shape index (κ2) is 11.1. The highest BCUT2D eigenvalue weighted by molar-refractivity contribution is 5.90. The minimum Gasteiger partial charge on any atom is -0.367 e. The van der Waals surface area contributed by atoms with Gasteiger partial charge in [0, 0.05) is 37.5 Å². The van der Waals surface area contributed by atoms with Crippen LogP contribution >= 0.6 is 0 Å². The van der Waals surface area contributed by atoms with Crippen molar-refractivity contribution in [3.8, 4) is 0 Å². The fraction of sp³-hybridized carbons (Fsp3) is 0.500. The van der Waals surface area contributed by atoms with E-state index in [1.165, 1.54) is 23.1 Å². The molecule has 1 aliphatic heterocycles. The van der Waals surface area contributed by atoms with Gasteiger partial charge in [0.25, 0.3) is 0 Å². The van der Waals surface area contributed by atoms with Crippen molar-refractivity contribution in [1.29, 1.82) is 0 Å². The molecule has 0 spiro atoms. The molecular weight excluding hydrogens is 406 g/mol. The molecule has 5 heteroatoms. The Kier molecular flexibility index (Phi) is 7.94. The van der Waals surface area contributed by atoms with Gasteiger partial charge in [-0.25, -0.2) is 9.97 Å². The Balaban J connectivity index is 1.44. The molecule has 4 rings (SSSR count). The minimum atomic E-state index is 0.457. The Morgan fingerprint density at radius 1 is 0.970 bits per heavy atom. The van der Waals surface area contributed by atoms with E-state index in [1.54, 1.807) is 0 Å². The number of nitrogens with zero attached hydrogens (tertiary/aromatic N) is 4. The third-order valence-electron chi connectivity index (χ3n) is 6.79. The summed E-state index contributed by atoms with van der Waals surface area (Å²) in [4.78, 5) is 14.8. The molecule has 2 heterocycles. The van der Waals surface area contributed by atoms with E-state index in [4.69, 9.17) is 9.97 Å². The molecule has 5 nitrogen and oxygen atoms in total. The quantitative estimate of drug-likeness (QED) is 0.458. The van der Waals surface area contributed by atoms with Gasteiger partial charge in [-0.3, -0.25) is 4.90 Å². The maximum atomic E-state index is 5.02. The number of unbranched alkanes of at least 4 members (excludes halogenated alkanes) is 1. The predicted octanol–water partition coefficient (Wildman–Crippen LogP) is 5.21. The van der Waals surface area contributed by atoms with Gasteiger partial charge in [-0.2, -0.15) is 0 Å². The van der Waals surface area contributed by atoms with Gasteiger partial charge in [-0.05, 0) is 89.0 Å². The highest BCUT2D eigenvalue weighted by atomic mass is 15.2. The molecule has 3 aromatic rings. The van der Waals surface area contributed by atoms with E-state index in [-0.39, 0.29) is 0 Å². The van der Waals surface area contributed by atoms with Crippen LogP contribution in [0, 0.1) is 13.8 Å². The van der Waals surface area contributed by atoms with Gasteiger partial charge in [-0.15, -0.1) is 0 Å². The van der Waals surface area contributed by atoms with Crippen molar-refractivity contribution in [2.75, 3.05) is 39.0 Å². The maximum absolute atomic E-state index is 5.02. The van der Waals surface area contributed by atoms with Gasteiger partial charge < -0.3 is 10.2 Å². The summed E-state index contributed by atoms with van der Waals surface area (Å²) in [7, 11) is 4.26. The predicted molar refractivity (Wildman–Crippen MR) is 139 cm³/mol. The van der Waals surface area contributed by atoms with Crippen LogP contribution < -0.4 is 5.32 Å². The fourth-order valence-corrected chi connectivity index (χ4v) is 4.64. The Labute approximate surface area is 199 Å². The summed E-state index contributed by atoms with van der Waals surface area (Å²) in [6.45, 7) is 8.73. The minimum absolute atomic E-state index is 0.457. The number of aromatic nitrogens is 2. The summed E-state index contributed by atoms with van der Waals surface area (Å²) in [6, 6.07) is 15.7. The second-order valence-corrected chi connectivity index (χ2v) is 9.88. The molecule has 176 valence electrons. The van der Waals surface area contributed by atoms with E-state index in [0.717, 1.165) is 74.4 Å². The zero-order valence-corrected chi connectivity index (χ0v) is 20.8. The van der Waals surface area contributed by atoms with E-state index >= 15 is 0 Å². The Hall–Kier alpha value is -2.50. The van der Waals surface area contributed by atoms with E-state index in [2.05, 4.69) is 85.5 Å². The number of nitrogens with one attached hydrogen (secondary N) is 1. The molecule has 0 unspecified atom stereocenters. The SMILES string of the molecule is Cc1cc2nc(CCCCN(C)C)nc(NC3CCN(Cc4ccccc4)CC3)c2cc1C. The van der Waals surface area contributed by atoms with E-state index < -0.39 is 0 Å². The largest absolute Gasteiger partial charge is 0.367 e. The van der Waals surface area contributed by atoms with Gasteiger partial charge in [0.05, 0.1) is 5.52 Å². The van der Waals surface area contributed by atoms with Crippen LogP contribution in [0.15, 0.2) is 42.5 Å². The molecule has 1 aliphatic rings. The monoisotopic (exact) mass is 445 g/mol. The number of hydrogen-bond donors (Lipinski definition) is 1. The third kappa shape index (κ3) is 6.52. The zero-order valence-electron chi connectivity index (χ0n) is 20.8. The lowest BCUT2D eigenvalue weighted by molar-refractivity contribution is 0.211. The summed E-state index contributed by atoms with van der Waals surface area (Å²) in [5.74, 6) is 1.99. The van der Waals surface area contributed by atoms with Crippen molar-refractivity contribution in [3.05, 3.63) is 65.0 Å². The Morgan fingerprint density at radius 2 is 1.70 bits per heavy atom. The van der Waals surface area contributed by atoms with Crippen LogP contribution in [0.1, 0.15) is 48.2 Å². The molecule has 0 atom stereocenters. The fourth-order valence-electron chi connectivity index (χ4n) is 4.64. The molecule has 0 amide bonds. The Morgan fingerprint density at radius 3 is 2.42 bits per heavy atom. The third-order valence-corrected chi connectivity index (χ3v) is 6.79. The lowest BCUT2D eigenvalue weighted by atomic mass is 10.0. The molecule has 1 fully saturated rings. The summed E-state index contributed by atoms with van der Waals surface area (Å²) < 4.78 is 0. The molecule has 1 N–H and O–H groups in total. The van der Waals surface area contributed by atoms with Crippen LogP contribution in [0.2, 0.25) is 0 Å². The topological polar surface area (TPSA) is 44.3 Å². The summed E-state index contributed by atoms with van der Waals surface area (Å²) >= 11 is 0. The van der Waals surface area contributed by atoms with E-state index in [9.17, 15) is 0 Å². The van der Waals surface area contributed by atoms with Crippen LogP contribution in [-0.2, 0) is 13.0 Å². The number of benzene rings is 2. The number of fused-ring (bicyclic) bond motifs is 1. The number of hydrogen-bond acceptors (Lipinski definition) is 5. The van der Waals surface area contributed by atoms with E-state index in [0.29, 0.717) is 6.04 Å². The lowest BCUT2D eigenvalue weighted by Crippen LogP contribution is -2.38. The molecule has 0 saturated carbocycles. The number of rotatable bonds is 9.